The minimum atomic E-state index is -3.02. The van der Waals surface area contributed by atoms with E-state index in [-0.39, 0.29) is 23.5 Å². The Morgan fingerprint density at radius 2 is 1.75 bits per heavy atom. The van der Waals surface area contributed by atoms with Crippen molar-refractivity contribution in [2.45, 2.75) is 12.5 Å². The van der Waals surface area contributed by atoms with E-state index in [1.54, 1.807) is 18.0 Å². The molecule has 1 unspecified atom stereocenters. The Hall–Kier alpha value is -2.34. The molecule has 5 nitrogen and oxygen atoms in total. The van der Waals surface area contributed by atoms with Crippen LogP contribution >= 0.6 is 0 Å². The van der Waals surface area contributed by atoms with E-state index in [1.807, 2.05) is 48.5 Å². The summed E-state index contributed by atoms with van der Waals surface area (Å²) in [7, 11) is -1.35. The predicted octanol–water partition coefficient (Wildman–Crippen LogP) is 2.69. The van der Waals surface area contributed by atoms with Crippen LogP contribution in [-0.2, 0) is 9.84 Å². The van der Waals surface area contributed by atoms with Gasteiger partial charge in [-0.05, 0) is 30.7 Å². The van der Waals surface area contributed by atoms with E-state index in [0.29, 0.717) is 17.7 Å². The molecule has 0 aliphatic carbocycles. The van der Waals surface area contributed by atoms with E-state index in [2.05, 4.69) is 5.32 Å². The van der Waals surface area contributed by atoms with Crippen molar-refractivity contribution in [2.24, 2.45) is 0 Å². The number of hydrogen-bond donors (Lipinski definition) is 1. The topological polar surface area (TPSA) is 66.5 Å². The molecule has 6 heteroatoms. The van der Waals surface area contributed by atoms with Gasteiger partial charge in [-0.3, -0.25) is 4.79 Å². The van der Waals surface area contributed by atoms with Crippen LogP contribution in [0.15, 0.2) is 54.6 Å². The Balaban J connectivity index is 1.82. The fourth-order valence-electron chi connectivity index (χ4n) is 2.89. The van der Waals surface area contributed by atoms with Gasteiger partial charge in [0.25, 0.3) is 5.91 Å². The molecule has 24 heavy (non-hydrogen) atoms. The highest BCUT2D eigenvalue weighted by atomic mass is 32.2. The summed E-state index contributed by atoms with van der Waals surface area (Å²) < 4.78 is 23.3. The fraction of sp³-hybridized carbons (Fsp3) is 0.278. The van der Waals surface area contributed by atoms with Gasteiger partial charge in [-0.15, -0.1) is 0 Å². The standard InChI is InChI=1S/C18H20N2O3S/c1-20(15-11-12-24(22,23)13-15)18(21)16-9-5-6-10-17(16)19-14-7-3-2-4-8-14/h2-10,15,19H,11-13H2,1H3. The molecule has 126 valence electrons. The third kappa shape index (κ3) is 3.59. The molecule has 1 aliphatic rings. The fourth-order valence-corrected chi connectivity index (χ4v) is 4.67. The third-order valence-corrected chi connectivity index (χ3v) is 6.04. The maximum atomic E-state index is 12.8. The summed E-state index contributed by atoms with van der Waals surface area (Å²) in [6.07, 6.45) is 0.499. The Morgan fingerprint density at radius 1 is 1.08 bits per heavy atom. The van der Waals surface area contributed by atoms with Crippen molar-refractivity contribution in [1.29, 1.82) is 0 Å². The number of rotatable bonds is 4. The Labute approximate surface area is 142 Å². The van der Waals surface area contributed by atoms with Gasteiger partial charge in [0.2, 0.25) is 0 Å². The number of benzene rings is 2. The lowest BCUT2D eigenvalue weighted by molar-refractivity contribution is 0.0748. The van der Waals surface area contributed by atoms with Gasteiger partial charge in [0.05, 0.1) is 22.8 Å². The average molecular weight is 344 g/mol. The van der Waals surface area contributed by atoms with Gasteiger partial charge in [0.1, 0.15) is 0 Å². The van der Waals surface area contributed by atoms with Crippen molar-refractivity contribution >= 4 is 27.1 Å². The van der Waals surface area contributed by atoms with Crippen LogP contribution in [0.5, 0.6) is 0 Å². The summed E-state index contributed by atoms with van der Waals surface area (Å²) in [6, 6.07) is 16.6. The van der Waals surface area contributed by atoms with Crippen LogP contribution in [0.1, 0.15) is 16.8 Å². The first-order valence-corrected chi connectivity index (χ1v) is 9.67. The minimum absolute atomic E-state index is 0.0452. The second-order valence-corrected chi connectivity index (χ2v) is 8.24. The number of amides is 1. The summed E-state index contributed by atoms with van der Waals surface area (Å²) in [5.41, 5.74) is 2.14. The summed E-state index contributed by atoms with van der Waals surface area (Å²) in [5.74, 6) is 0.0269. The molecule has 0 aromatic heterocycles. The summed E-state index contributed by atoms with van der Waals surface area (Å²) in [4.78, 5) is 14.4. The number of nitrogens with zero attached hydrogens (tertiary/aromatic N) is 1. The lowest BCUT2D eigenvalue weighted by atomic mass is 10.1. The zero-order valence-corrected chi connectivity index (χ0v) is 14.3. The average Bonchev–Trinajstić information content (AvgIpc) is 2.95. The molecular weight excluding hydrogens is 324 g/mol. The van der Waals surface area contributed by atoms with E-state index in [4.69, 9.17) is 0 Å². The highest BCUT2D eigenvalue weighted by Crippen LogP contribution is 2.24. The van der Waals surface area contributed by atoms with E-state index in [0.717, 1.165) is 5.69 Å². The Bertz CT molecular complexity index is 834. The molecule has 1 amide bonds. The number of sulfone groups is 1. The molecule has 1 heterocycles. The number of carbonyl (C=O) groups is 1. The van der Waals surface area contributed by atoms with Gasteiger partial charge in [-0.2, -0.15) is 0 Å². The number of carbonyl (C=O) groups excluding carboxylic acids is 1. The molecule has 0 bridgehead atoms. The summed E-state index contributed by atoms with van der Waals surface area (Å²) in [6.45, 7) is 0. The van der Waals surface area contributed by atoms with Gasteiger partial charge in [-0.25, -0.2) is 8.42 Å². The zero-order valence-electron chi connectivity index (χ0n) is 13.5. The molecule has 1 N–H and O–H groups in total. The highest BCUT2D eigenvalue weighted by molar-refractivity contribution is 7.91. The number of para-hydroxylation sites is 2. The van der Waals surface area contributed by atoms with Crippen LogP contribution in [0, 0.1) is 0 Å². The van der Waals surface area contributed by atoms with Gasteiger partial charge in [-0.1, -0.05) is 30.3 Å². The second kappa shape index (κ2) is 6.65. The van der Waals surface area contributed by atoms with Gasteiger partial charge >= 0.3 is 0 Å². The van der Waals surface area contributed by atoms with Crippen molar-refractivity contribution in [3.8, 4) is 0 Å². The zero-order chi connectivity index (χ0) is 17.2. The van der Waals surface area contributed by atoms with Crippen molar-refractivity contribution in [2.75, 3.05) is 23.9 Å². The molecule has 2 aromatic rings. The van der Waals surface area contributed by atoms with Crippen LogP contribution in [0.25, 0.3) is 0 Å². The first kappa shape index (κ1) is 16.5. The molecule has 1 aliphatic heterocycles. The van der Waals surface area contributed by atoms with Crippen LogP contribution in [0.3, 0.4) is 0 Å². The maximum absolute atomic E-state index is 12.8. The van der Waals surface area contributed by atoms with E-state index in [1.165, 1.54) is 0 Å². The van der Waals surface area contributed by atoms with Gasteiger partial charge < -0.3 is 10.2 Å². The van der Waals surface area contributed by atoms with Gasteiger partial charge in [0, 0.05) is 18.8 Å². The molecule has 1 atom stereocenters. The first-order chi connectivity index (χ1) is 11.5. The maximum Gasteiger partial charge on any atom is 0.255 e. The van der Waals surface area contributed by atoms with Crippen molar-refractivity contribution in [3.05, 3.63) is 60.2 Å². The molecule has 3 rings (SSSR count). The van der Waals surface area contributed by atoms with Crippen LogP contribution in [-0.4, -0.2) is 43.8 Å². The normalized spacial score (nSPS) is 19.0. The second-order valence-electron chi connectivity index (χ2n) is 6.01. The predicted molar refractivity (Wildman–Crippen MR) is 95.3 cm³/mol. The van der Waals surface area contributed by atoms with Crippen molar-refractivity contribution in [3.63, 3.8) is 0 Å². The number of anilines is 2. The Kier molecular flexibility index (Phi) is 4.57. The number of nitrogens with one attached hydrogen (secondary N) is 1. The van der Waals surface area contributed by atoms with Gasteiger partial charge in [0.15, 0.2) is 9.84 Å². The molecular formula is C18H20N2O3S. The monoisotopic (exact) mass is 344 g/mol. The van der Waals surface area contributed by atoms with Crippen LogP contribution < -0.4 is 5.32 Å². The summed E-state index contributed by atoms with van der Waals surface area (Å²) in [5, 5.41) is 3.25. The lowest BCUT2D eigenvalue weighted by Crippen LogP contribution is -2.38. The van der Waals surface area contributed by atoms with Crippen LogP contribution in [0.2, 0.25) is 0 Å². The Morgan fingerprint density at radius 3 is 2.42 bits per heavy atom. The van der Waals surface area contributed by atoms with E-state index in [9.17, 15) is 13.2 Å². The first-order valence-electron chi connectivity index (χ1n) is 7.85. The van der Waals surface area contributed by atoms with E-state index >= 15 is 0 Å². The summed E-state index contributed by atoms with van der Waals surface area (Å²) >= 11 is 0. The lowest BCUT2D eigenvalue weighted by Gasteiger charge is -2.24. The third-order valence-electron chi connectivity index (χ3n) is 4.29. The van der Waals surface area contributed by atoms with Crippen molar-refractivity contribution < 1.29 is 13.2 Å². The smallest absolute Gasteiger partial charge is 0.255 e. The molecule has 1 fully saturated rings. The van der Waals surface area contributed by atoms with Crippen LogP contribution in [0.4, 0.5) is 11.4 Å². The molecule has 0 saturated carbocycles. The largest absolute Gasteiger partial charge is 0.355 e. The minimum Gasteiger partial charge on any atom is -0.355 e. The van der Waals surface area contributed by atoms with E-state index < -0.39 is 9.84 Å². The molecule has 0 radical (unpaired) electrons. The molecule has 2 aromatic carbocycles. The molecule has 1 saturated heterocycles. The SMILES string of the molecule is CN(C(=O)c1ccccc1Nc1ccccc1)C1CCS(=O)(=O)C1. The number of hydrogen-bond acceptors (Lipinski definition) is 4. The van der Waals surface area contributed by atoms with Crippen molar-refractivity contribution in [1.82, 2.24) is 4.90 Å². The molecule has 0 spiro atoms. The highest BCUT2D eigenvalue weighted by Gasteiger charge is 2.33. The quantitative estimate of drug-likeness (QED) is 0.926.